The van der Waals surface area contributed by atoms with Gasteiger partial charge in [0.25, 0.3) is 0 Å². The molecule has 1 aromatic rings. The third-order valence-electron chi connectivity index (χ3n) is 3.76. The van der Waals surface area contributed by atoms with E-state index < -0.39 is 10.0 Å². The van der Waals surface area contributed by atoms with Gasteiger partial charge in [-0.25, -0.2) is 8.42 Å². The van der Waals surface area contributed by atoms with Crippen LogP contribution in [0.4, 0.5) is 0 Å². The molecule has 0 N–H and O–H groups in total. The highest BCUT2D eigenvalue weighted by atomic mass is 32.2. The number of nitriles is 1. The van der Waals surface area contributed by atoms with Crippen LogP contribution in [-0.4, -0.2) is 25.8 Å². The first-order valence-electron chi connectivity index (χ1n) is 6.46. The van der Waals surface area contributed by atoms with Gasteiger partial charge in [0.15, 0.2) is 0 Å². The first-order valence-corrected chi connectivity index (χ1v) is 7.90. The molecule has 0 saturated carbocycles. The highest BCUT2D eigenvalue weighted by Crippen LogP contribution is 2.29. The fourth-order valence-corrected chi connectivity index (χ4v) is 4.09. The van der Waals surface area contributed by atoms with Gasteiger partial charge in [0.2, 0.25) is 10.0 Å². The van der Waals surface area contributed by atoms with E-state index in [4.69, 9.17) is 5.26 Å². The van der Waals surface area contributed by atoms with Gasteiger partial charge < -0.3 is 0 Å². The maximum Gasteiger partial charge on any atom is 0.244 e. The van der Waals surface area contributed by atoms with Crippen molar-refractivity contribution in [2.24, 2.45) is 11.8 Å². The Morgan fingerprint density at radius 2 is 2.05 bits per heavy atom. The van der Waals surface area contributed by atoms with Crippen molar-refractivity contribution in [1.29, 1.82) is 5.26 Å². The number of hydrogen-bond acceptors (Lipinski definition) is 3. The van der Waals surface area contributed by atoms with E-state index in [1.807, 2.05) is 6.07 Å². The first-order chi connectivity index (χ1) is 8.96. The quantitative estimate of drug-likeness (QED) is 0.851. The molecule has 2 rings (SSSR count). The summed E-state index contributed by atoms with van der Waals surface area (Å²) in [5.41, 5.74) is 0.218. The molecule has 0 bridgehead atoms. The fraction of sp³-hybridized carbons (Fsp3) is 0.500. The fourth-order valence-electron chi connectivity index (χ4n) is 2.44. The van der Waals surface area contributed by atoms with E-state index >= 15 is 0 Å². The van der Waals surface area contributed by atoms with Crippen molar-refractivity contribution >= 4 is 10.0 Å². The lowest BCUT2D eigenvalue weighted by atomic mass is 9.96. The largest absolute Gasteiger partial charge is 0.244 e. The van der Waals surface area contributed by atoms with E-state index in [1.54, 1.807) is 18.2 Å². The van der Waals surface area contributed by atoms with Crippen molar-refractivity contribution in [3.8, 4) is 6.07 Å². The summed E-state index contributed by atoms with van der Waals surface area (Å²) < 4.78 is 26.6. The SMILES string of the molecule is CC(C)C1CCN(S(=O)(=O)c2ccccc2C#N)C1. The van der Waals surface area contributed by atoms with Gasteiger partial charge in [-0.15, -0.1) is 0 Å². The minimum atomic E-state index is -3.54. The predicted octanol–water partition coefficient (Wildman–Crippen LogP) is 2.22. The van der Waals surface area contributed by atoms with E-state index in [2.05, 4.69) is 13.8 Å². The lowest BCUT2D eigenvalue weighted by Gasteiger charge is -2.18. The average Bonchev–Trinajstić information content (AvgIpc) is 2.89. The Balaban J connectivity index is 2.32. The molecule has 1 fully saturated rings. The molecular weight excluding hydrogens is 260 g/mol. The van der Waals surface area contributed by atoms with Crippen LogP contribution in [0.1, 0.15) is 25.8 Å². The summed E-state index contributed by atoms with van der Waals surface area (Å²) in [5.74, 6) is 0.885. The maximum absolute atomic E-state index is 12.6. The molecule has 0 amide bonds. The van der Waals surface area contributed by atoms with E-state index in [0.29, 0.717) is 24.9 Å². The van der Waals surface area contributed by atoms with Gasteiger partial charge in [0.05, 0.1) is 10.5 Å². The molecule has 19 heavy (non-hydrogen) atoms. The molecule has 1 heterocycles. The minimum absolute atomic E-state index is 0.127. The number of rotatable bonds is 3. The Hall–Kier alpha value is -1.38. The summed E-state index contributed by atoms with van der Waals surface area (Å²) in [4.78, 5) is 0.127. The van der Waals surface area contributed by atoms with E-state index in [1.165, 1.54) is 10.4 Å². The Kier molecular flexibility index (Phi) is 3.93. The van der Waals surface area contributed by atoms with Gasteiger partial charge in [-0.3, -0.25) is 0 Å². The Labute approximate surface area is 114 Å². The van der Waals surface area contributed by atoms with Crippen molar-refractivity contribution in [3.63, 3.8) is 0 Å². The number of hydrogen-bond donors (Lipinski definition) is 0. The van der Waals surface area contributed by atoms with Gasteiger partial charge >= 0.3 is 0 Å². The molecule has 1 aliphatic heterocycles. The molecule has 0 spiro atoms. The van der Waals surface area contributed by atoms with E-state index in [0.717, 1.165) is 6.42 Å². The number of benzene rings is 1. The van der Waals surface area contributed by atoms with Crippen LogP contribution in [-0.2, 0) is 10.0 Å². The summed E-state index contributed by atoms with van der Waals surface area (Å²) in [7, 11) is -3.54. The van der Waals surface area contributed by atoms with Crippen molar-refractivity contribution < 1.29 is 8.42 Å². The van der Waals surface area contributed by atoms with Gasteiger partial charge in [0, 0.05) is 13.1 Å². The molecule has 1 saturated heterocycles. The molecule has 4 nitrogen and oxygen atoms in total. The summed E-state index contributed by atoms with van der Waals surface area (Å²) in [5, 5.41) is 9.03. The highest BCUT2D eigenvalue weighted by Gasteiger charge is 2.34. The van der Waals surface area contributed by atoms with E-state index in [-0.39, 0.29) is 10.5 Å². The normalized spacial score (nSPS) is 20.6. The van der Waals surface area contributed by atoms with Crippen LogP contribution in [0, 0.1) is 23.2 Å². The lowest BCUT2D eigenvalue weighted by molar-refractivity contribution is 0.388. The lowest BCUT2D eigenvalue weighted by Crippen LogP contribution is -2.30. The minimum Gasteiger partial charge on any atom is -0.207 e. The Bertz CT molecular complexity index is 602. The van der Waals surface area contributed by atoms with Crippen molar-refractivity contribution in [2.45, 2.75) is 25.2 Å². The molecule has 0 aliphatic carbocycles. The summed E-state index contributed by atoms with van der Waals surface area (Å²) in [6.07, 6.45) is 0.894. The first kappa shape index (κ1) is 14.0. The van der Waals surface area contributed by atoms with Crippen LogP contribution in [0.5, 0.6) is 0 Å². The van der Waals surface area contributed by atoms with E-state index in [9.17, 15) is 8.42 Å². The molecule has 0 radical (unpaired) electrons. The van der Waals surface area contributed by atoms with Crippen LogP contribution in [0.2, 0.25) is 0 Å². The topological polar surface area (TPSA) is 61.2 Å². The molecule has 1 aromatic carbocycles. The molecular formula is C14H18N2O2S. The second-order valence-electron chi connectivity index (χ2n) is 5.26. The number of sulfonamides is 1. The van der Waals surface area contributed by atoms with Crippen LogP contribution in [0.3, 0.4) is 0 Å². The van der Waals surface area contributed by atoms with Gasteiger partial charge in [-0.2, -0.15) is 9.57 Å². The summed E-state index contributed by atoms with van der Waals surface area (Å²) >= 11 is 0. The second-order valence-corrected chi connectivity index (χ2v) is 7.17. The standard InChI is InChI=1S/C14H18N2O2S/c1-11(2)13-7-8-16(10-13)19(17,18)14-6-4-3-5-12(14)9-15/h3-6,11,13H,7-8,10H2,1-2H3. The highest BCUT2D eigenvalue weighted by molar-refractivity contribution is 7.89. The van der Waals surface area contributed by atoms with Crippen molar-refractivity contribution in [2.75, 3.05) is 13.1 Å². The smallest absolute Gasteiger partial charge is 0.207 e. The number of nitrogens with zero attached hydrogens (tertiary/aromatic N) is 2. The molecule has 1 atom stereocenters. The van der Waals surface area contributed by atoms with Crippen LogP contribution >= 0.6 is 0 Å². The van der Waals surface area contributed by atoms with Crippen LogP contribution in [0.25, 0.3) is 0 Å². The van der Waals surface area contributed by atoms with Crippen LogP contribution < -0.4 is 0 Å². The van der Waals surface area contributed by atoms with Gasteiger partial charge in [-0.05, 0) is 30.4 Å². The molecule has 1 unspecified atom stereocenters. The Morgan fingerprint density at radius 1 is 1.37 bits per heavy atom. The van der Waals surface area contributed by atoms with Crippen molar-refractivity contribution in [3.05, 3.63) is 29.8 Å². The summed E-state index contributed by atoms with van der Waals surface area (Å²) in [6, 6.07) is 8.34. The van der Waals surface area contributed by atoms with Gasteiger partial charge in [0.1, 0.15) is 6.07 Å². The molecule has 102 valence electrons. The third-order valence-corrected chi connectivity index (χ3v) is 5.68. The summed E-state index contributed by atoms with van der Waals surface area (Å²) in [6.45, 7) is 5.33. The third kappa shape index (κ3) is 2.65. The van der Waals surface area contributed by atoms with Crippen LogP contribution in [0.15, 0.2) is 29.2 Å². The molecule has 1 aliphatic rings. The molecule has 0 aromatic heterocycles. The maximum atomic E-state index is 12.6. The Morgan fingerprint density at radius 3 is 2.63 bits per heavy atom. The monoisotopic (exact) mass is 278 g/mol. The van der Waals surface area contributed by atoms with Gasteiger partial charge in [-0.1, -0.05) is 26.0 Å². The van der Waals surface area contributed by atoms with Crippen molar-refractivity contribution in [1.82, 2.24) is 4.31 Å². The zero-order valence-corrected chi connectivity index (χ0v) is 12.0. The zero-order valence-electron chi connectivity index (χ0n) is 11.2. The molecule has 5 heteroatoms. The zero-order chi connectivity index (χ0) is 14.0. The average molecular weight is 278 g/mol. The predicted molar refractivity (Wildman–Crippen MR) is 72.9 cm³/mol. The second kappa shape index (κ2) is 5.32.